The molecule has 0 amide bonds. The van der Waals surface area contributed by atoms with E-state index in [0.717, 1.165) is 121 Å². The van der Waals surface area contributed by atoms with Crippen LogP contribution in [0.2, 0.25) is 0 Å². The van der Waals surface area contributed by atoms with Crippen LogP contribution in [0.4, 0.5) is 0 Å². The molecule has 68 heavy (non-hydrogen) atoms. The average Bonchev–Trinajstić information content (AvgIpc) is 3.86. The summed E-state index contributed by atoms with van der Waals surface area (Å²) in [4.78, 5) is 20.1. The molecule has 8 heterocycles. The molecule has 362 valence electrons. The zero-order valence-corrected chi connectivity index (χ0v) is 42.6. The van der Waals surface area contributed by atoms with E-state index in [4.69, 9.17) is 19.4 Å². The van der Waals surface area contributed by atoms with E-state index in [2.05, 4.69) is 163 Å². The van der Waals surface area contributed by atoms with Crippen molar-refractivity contribution >= 4 is 27.4 Å². The fourth-order valence-electron chi connectivity index (χ4n) is 11.0. The van der Waals surface area contributed by atoms with Gasteiger partial charge in [0, 0.05) is 136 Å². The summed E-state index contributed by atoms with van der Waals surface area (Å²) in [6, 6.07) is 28.8. The Kier molecular flexibility index (Phi) is 15.6. The minimum atomic E-state index is 0.611. The van der Waals surface area contributed by atoms with Crippen LogP contribution < -0.4 is 0 Å². The van der Waals surface area contributed by atoms with Crippen LogP contribution in [0, 0.1) is 13.8 Å². The van der Waals surface area contributed by atoms with Gasteiger partial charge in [0.05, 0.1) is 48.8 Å². The zero-order chi connectivity index (χ0) is 47.3. The van der Waals surface area contributed by atoms with E-state index in [9.17, 15) is 0 Å². The summed E-state index contributed by atoms with van der Waals surface area (Å²) in [5, 5.41) is 2.52. The van der Waals surface area contributed by atoms with Crippen molar-refractivity contribution in [3.05, 3.63) is 113 Å². The minimum Gasteiger partial charge on any atom is -0.379 e. The summed E-state index contributed by atoms with van der Waals surface area (Å²) >= 11 is 0. The van der Waals surface area contributed by atoms with Crippen molar-refractivity contribution < 1.29 is 9.47 Å². The number of fused-ring (bicyclic) bond motifs is 2. The number of piperidine rings is 1. The Bertz CT molecular complexity index is 2640. The molecule has 4 aliphatic heterocycles. The fraction of sp³-hybridized carbons (Fsp3) is 0.517. The number of aryl methyl sites for hydroxylation is 4. The van der Waals surface area contributed by atoms with Crippen LogP contribution in [0.25, 0.3) is 49.9 Å². The van der Waals surface area contributed by atoms with Crippen LogP contribution in [0.15, 0.2) is 78.9 Å². The number of hydrogen-bond acceptors (Lipinski definition) is 8. The van der Waals surface area contributed by atoms with Crippen LogP contribution >= 0.6 is 0 Å². The topological polar surface area (TPSA) is 67.1 Å². The molecule has 10 heteroatoms. The number of rotatable bonds is 12. The van der Waals surface area contributed by atoms with Gasteiger partial charge in [-0.3, -0.25) is 24.7 Å². The van der Waals surface area contributed by atoms with E-state index < -0.39 is 0 Å². The smallest absolute Gasteiger partial charge is 0.0799 e. The Morgan fingerprint density at radius 3 is 1.46 bits per heavy atom. The van der Waals surface area contributed by atoms with Crippen LogP contribution in [0.1, 0.15) is 86.8 Å². The monoisotopic (exact) mass is 919 g/mol. The van der Waals surface area contributed by atoms with Gasteiger partial charge in [-0.05, 0) is 121 Å². The van der Waals surface area contributed by atoms with E-state index >= 15 is 0 Å². The van der Waals surface area contributed by atoms with Gasteiger partial charge in [0.25, 0.3) is 0 Å². The molecule has 4 aliphatic rings. The molecule has 0 saturated carbocycles. The van der Waals surface area contributed by atoms with Crippen LogP contribution in [0.5, 0.6) is 0 Å². The van der Waals surface area contributed by atoms with E-state index in [1.54, 1.807) is 0 Å². The first kappa shape index (κ1) is 48.3. The normalized spacial score (nSPS) is 18.5. The van der Waals surface area contributed by atoms with E-state index in [1.807, 2.05) is 0 Å². The quantitative estimate of drug-likeness (QED) is 0.120. The average molecular weight is 919 g/mol. The Morgan fingerprint density at radius 2 is 1.01 bits per heavy atom. The Balaban J connectivity index is 0.000000170. The van der Waals surface area contributed by atoms with Gasteiger partial charge in [-0.1, -0.05) is 54.6 Å². The molecule has 4 aromatic heterocycles. The molecular weight excluding hydrogens is 841 g/mol. The lowest BCUT2D eigenvalue weighted by molar-refractivity contribution is 0.0382. The Labute approximate surface area is 406 Å². The van der Waals surface area contributed by atoms with E-state index in [0.29, 0.717) is 18.0 Å². The third kappa shape index (κ3) is 11.2. The number of aromatic nitrogens is 4. The maximum Gasteiger partial charge on any atom is 0.0799 e. The van der Waals surface area contributed by atoms with E-state index in [1.165, 1.54) is 87.0 Å². The second-order valence-electron chi connectivity index (χ2n) is 20.6. The van der Waals surface area contributed by atoms with Gasteiger partial charge < -0.3 is 23.5 Å². The summed E-state index contributed by atoms with van der Waals surface area (Å²) in [6.07, 6.45) is 8.14. The largest absolute Gasteiger partial charge is 0.379 e. The molecular formula is C58H78N8O2. The Hall–Kier alpha value is -4.68. The molecule has 3 saturated heterocycles. The molecule has 2 aromatic carbocycles. The lowest BCUT2D eigenvalue weighted by Crippen LogP contribution is -2.37. The maximum atomic E-state index is 5.51. The van der Waals surface area contributed by atoms with Gasteiger partial charge in [-0.25, -0.2) is 0 Å². The number of benzene rings is 2. The molecule has 3 fully saturated rings. The number of likely N-dealkylation sites (tertiary alicyclic amines) is 1. The summed E-state index contributed by atoms with van der Waals surface area (Å²) in [6.45, 7) is 27.7. The molecule has 10 nitrogen and oxygen atoms in total. The fourth-order valence-corrected chi connectivity index (χ4v) is 11.0. The predicted octanol–water partition coefficient (Wildman–Crippen LogP) is 9.93. The van der Waals surface area contributed by atoms with Crippen molar-refractivity contribution in [1.82, 2.24) is 38.7 Å². The molecule has 0 N–H and O–H groups in total. The first-order valence-electron chi connectivity index (χ1n) is 25.9. The first-order valence-corrected chi connectivity index (χ1v) is 25.9. The SMILES string of the molecule is Cc1cc2c(cc(CCN3CCOCC3)n2C)c(-c2ccc(C3=CCN(C(C)C)CC3)cc2)n1.Cc1cc2c(cc(CCN3CCOCC3)n2C)c(-c2ccc(C3CCN(C(C)C)CC3)cc2)n1. The highest BCUT2D eigenvalue weighted by molar-refractivity contribution is 5.95. The van der Waals surface area contributed by atoms with Gasteiger partial charge in [-0.15, -0.1) is 0 Å². The van der Waals surface area contributed by atoms with Crippen molar-refractivity contribution in [3.8, 4) is 22.5 Å². The molecule has 6 aromatic rings. The lowest BCUT2D eigenvalue weighted by atomic mass is 9.88. The van der Waals surface area contributed by atoms with Crippen LogP contribution in [-0.4, -0.2) is 143 Å². The molecule has 0 aliphatic carbocycles. The molecule has 0 bridgehead atoms. The highest BCUT2D eigenvalue weighted by Crippen LogP contribution is 2.35. The van der Waals surface area contributed by atoms with Crippen molar-refractivity contribution in [2.24, 2.45) is 14.1 Å². The highest BCUT2D eigenvalue weighted by Gasteiger charge is 2.23. The Morgan fingerprint density at radius 1 is 0.559 bits per heavy atom. The number of pyridine rings is 2. The summed E-state index contributed by atoms with van der Waals surface area (Å²) in [5.41, 5.74) is 16.4. The zero-order valence-electron chi connectivity index (χ0n) is 42.6. The summed E-state index contributed by atoms with van der Waals surface area (Å²) in [5.74, 6) is 0.679. The number of nitrogens with zero attached hydrogens (tertiary/aromatic N) is 8. The third-order valence-electron chi connectivity index (χ3n) is 15.5. The van der Waals surface area contributed by atoms with Gasteiger partial charge >= 0.3 is 0 Å². The maximum absolute atomic E-state index is 5.51. The van der Waals surface area contributed by atoms with Gasteiger partial charge in [0.2, 0.25) is 0 Å². The van der Waals surface area contributed by atoms with Gasteiger partial charge in [0.1, 0.15) is 0 Å². The second kappa shape index (κ2) is 22.0. The number of ether oxygens (including phenoxy) is 2. The van der Waals surface area contributed by atoms with Gasteiger partial charge in [-0.2, -0.15) is 0 Å². The second-order valence-corrected chi connectivity index (χ2v) is 20.6. The minimum absolute atomic E-state index is 0.611. The van der Waals surface area contributed by atoms with E-state index in [-0.39, 0.29) is 0 Å². The van der Waals surface area contributed by atoms with Crippen molar-refractivity contribution in [2.45, 2.75) is 91.6 Å². The first-order chi connectivity index (χ1) is 33.0. The highest BCUT2D eigenvalue weighted by atomic mass is 16.5. The molecule has 0 radical (unpaired) electrons. The third-order valence-corrected chi connectivity index (χ3v) is 15.5. The van der Waals surface area contributed by atoms with Gasteiger partial charge in [0.15, 0.2) is 0 Å². The number of hydrogen-bond donors (Lipinski definition) is 0. The number of morpholine rings is 2. The van der Waals surface area contributed by atoms with Crippen LogP contribution in [0.3, 0.4) is 0 Å². The predicted molar refractivity (Wildman–Crippen MR) is 282 cm³/mol. The van der Waals surface area contributed by atoms with Crippen molar-refractivity contribution in [3.63, 3.8) is 0 Å². The lowest BCUT2D eigenvalue weighted by Gasteiger charge is -2.34. The summed E-state index contributed by atoms with van der Waals surface area (Å²) < 4.78 is 15.7. The van der Waals surface area contributed by atoms with Crippen LogP contribution in [-0.2, 0) is 36.4 Å². The summed E-state index contributed by atoms with van der Waals surface area (Å²) in [7, 11) is 4.39. The molecule has 0 atom stereocenters. The standard InChI is InChI=1S/C29H40N4O.C29H38N4O/c2*1-21(2)33-13-9-24(10-14-33)23-5-7-25(8-6-23)29-27-20-26(11-12-32-15-17-34-18-16-32)31(4)28(27)19-22(3)30-29/h5-8,19-21,24H,9-18H2,1-4H3;5-9,19-21H,10-18H2,1-4H3. The molecule has 0 unspecified atom stereocenters. The van der Waals surface area contributed by atoms with Crippen molar-refractivity contribution in [1.29, 1.82) is 0 Å². The molecule has 10 rings (SSSR count). The molecule has 0 spiro atoms. The van der Waals surface area contributed by atoms with Crippen molar-refractivity contribution in [2.75, 3.05) is 91.9 Å².